The number of rotatable bonds is 7. The molecule has 2 rings (SSSR count). The van der Waals surface area contributed by atoms with Gasteiger partial charge >= 0.3 is 5.97 Å². The van der Waals surface area contributed by atoms with Crippen LogP contribution in [-0.4, -0.2) is 51.0 Å². The van der Waals surface area contributed by atoms with E-state index in [1.165, 1.54) is 0 Å². The quantitative estimate of drug-likeness (QED) is 0.797. The highest BCUT2D eigenvalue weighted by atomic mass is 16.5. The van der Waals surface area contributed by atoms with Crippen LogP contribution < -0.4 is 19.7 Å². The number of carbonyl (C=O) groups is 1. The van der Waals surface area contributed by atoms with E-state index in [-0.39, 0.29) is 5.92 Å². The van der Waals surface area contributed by atoms with Gasteiger partial charge in [0.25, 0.3) is 0 Å². The number of hydrogen-bond acceptors (Lipinski definition) is 5. The van der Waals surface area contributed by atoms with Crippen LogP contribution in [-0.2, 0) is 4.79 Å². The molecule has 6 nitrogen and oxygen atoms in total. The van der Waals surface area contributed by atoms with Crippen LogP contribution in [0.3, 0.4) is 0 Å². The molecular weight excluding hydrogens is 284 g/mol. The summed E-state index contributed by atoms with van der Waals surface area (Å²) in [6.07, 6.45) is 0.838. The zero-order chi connectivity index (χ0) is 16.1. The fourth-order valence-electron chi connectivity index (χ4n) is 3.00. The molecule has 0 amide bonds. The van der Waals surface area contributed by atoms with E-state index < -0.39 is 12.0 Å². The van der Waals surface area contributed by atoms with Gasteiger partial charge < -0.3 is 24.8 Å². The monoisotopic (exact) mass is 308 g/mol. The van der Waals surface area contributed by atoms with Crippen molar-refractivity contribution in [2.75, 3.05) is 38.8 Å². The average Bonchev–Trinajstić information content (AvgIpc) is 3.00. The molecule has 1 aromatic rings. The highest BCUT2D eigenvalue weighted by molar-refractivity contribution is 5.74. The van der Waals surface area contributed by atoms with Gasteiger partial charge in [-0.1, -0.05) is 6.92 Å². The first-order valence-electron chi connectivity index (χ1n) is 7.53. The predicted molar refractivity (Wildman–Crippen MR) is 85.0 cm³/mol. The van der Waals surface area contributed by atoms with E-state index in [0.29, 0.717) is 13.1 Å². The molecule has 0 radical (unpaired) electrons. The van der Waals surface area contributed by atoms with Crippen LogP contribution in [0.4, 0.5) is 5.69 Å². The number of benzene rings is 1. The highest BCUT2D eigenvalue weighted by Gasteiger charge is 2.34. The maximum Gasteiger partial charge on any atom is 0.321 e. The van der Waals surface area contributed by atoms with Gasteiger partial charge in [-0.15, -0.1) is 0 Å². The first-order chi connectivity index (χ1) is 10.6. The summed E-state index contributed by atoms with van der Waals surface area (Å²) in [7, 11) is 3.27. The highest BCUT2D eigenvalue weighted by Crippen LogP contribution is 2.36. The molecule has 0 spiro atoms. The number of carboxylic acid groups (broad SMARTS) is 1. The van der Waals surface area contributed by atoms with E-state index in [1.54, 1.807) is 14.2 Å². The SMILES string of the molecule is CCNC(C(=O)O)C1CCN(c2cc(OC)ccc2OC)C1. The molecule has 2 unspecified atom stereocenters. The second kappa shape index (κ2) is 7.35. The topological polar surface area (TPSA) is 71.0 Å². The maximum atomic E-state index is 11.4. The summed E-state index contributed by atoms with van der Waals surface area (Å²) in [4.78, 5) is 13.6. The van der Waals surface area contributed by atoms with E-state index in [0.717, 1.165) is 30.2 Å². The number of aliphatic carboxylic acids is 1. The molecule has 0 saturated carbocycles. The Morgan fingerprint density at radius 2 is 2.23 bits per heavy atom. The molecule has 2 atom stereocenters. The molecule has 1 aliphatic rings. The van der Waals surface area contributed by atoms with Crippen LogP contribution in [0.2, 0.25) is 0 Å². The van der Waals surface area contributed by atoms with Crippen LogP contribution >= 0.6 is 0 Å². The van der Waals surface area contributed by atoms with E-state index in [9.17, 15) is 9.90 Å². The van der Waals surface area contributed by atoms with Gasteiger partial charge in [0.05, 0.1) is 19.9 Å². The van der Waals surface area contributed by atoms with Crippen LogP contribution in [0.15, 0.2) is 18.2 Å². The Labute approximate surface area is 131 Å². The minimum Gasteiger partial charge on any atom is -0.497 e. The molecule has 1 aliphatic heterocycles. The molecule has 1 aromatic carbocycles. The average molecular weight is 308 g/mol. The molecule has 0 aliphatic carbocycles. The third-order valence-corrected chi connectivity index (χ3v) is 4.11. The molecule has 1 saturated heterocycles. The standard InChI is InChI=1S/C16H24N2O4/c1-4-17-15(16(19)20)11-7-8-18(10-11)13-9-12(21-2)5-6-14(13)22-3/h5-6,9,11,15,17H,4,7-8,10H2,1-3H3,(H,19,20). The zero-order valence-electron chi connectivity index (χ0n) is 13.3. The smallest absolute Gasteiger partial charge is 0.321 e. The lowest BCUT2D eigenvalue weighted by Crippen LogP contribution is -2.43. The maximum absolute atomic E-state index is 11.4. The van der Waals surface area contributed by atoms with Gasteiger partial charge in [-0.3, -0.25) is 4.79 Å². The van der Waals surface area contributed by atoms with Gasteiger partial charge in [0, 0.05) is 25.1 Å². The second-order valence-electron chi connectivity index (χ2n) is 5.41. The summed E-state index contributed by atoms with van der Waals surface area (Å²) in [5.74, 6) is 0.831. The molecule has 0 aromatic heterocycles. The van der Waals surface area contributed by atoms with Gasteiger partial charge in [-0.05, 0) is 25.1 Å². The molecule has 122 valence electrons. The van der Waals surface area contributed by atoms with Crippen molar-refractivity contribution in [1.82, 2.24) is 5.32 Å². The first-order valence-corrected chi connectivity index (χ1v) is 7.53. The Hall–Kier alpha value is -1.95. The number of carboxylic acids is 1. The Morgan fingerprint density at radius 1 is 1.45 bits per heavy atom. The Balaban J connectivity index is 2.17. The lowest BCUT2D eigenvalue weighted by molar-refractivity contribution is -0.140. The first kappa shape index (κ1) is 16.4. The molecule has 0 bridgehead atoms. The van der Waals surface area contributed by atoms with E-state index in [2.05, 4.69) is 10.2 Å². The summed E-state index contributed by atoms with van der Waals surface area (Å²) < 4.78 is 10.7. The van der Waals surface area contributed by atoms with Crippen molar-refractivity contribution < 1.29 is 19.4 Å². The summed E-state index contributed by atoms with van der Waals surface area (Å²) in [6.45, 7) is 4.07. The van der Waals surface area contributed by atoms with Crippen molar-refractivity contribution in [3.63, 3.8) is 0 Å². The molecule has 6 heteroatoms. The number of likely N-dealkylation sites (N-methyl/N-ethyl adjacent to an activating group) is 1. The minimum atomic E-state index is -0.786. The molecule has 1 heterocycles. The summed E-state index contributed by atoms with van der Waals surface area (Å²) in [6, 6.07) is 5.16. The number of anilines is 1. The van der Waals surface area contributed by atoms with E-state index >= 15 is 0 Å². The third kappa shape index (κ3) is 3.44. The van der Waals surface area contributed by atoms with Crippen LogP contribution in [0.25, 0.3) is 0 Å². The summed E-state index contributed by atoms with van der Waals surface area (Å²) in [5, 5.41) is 12.4. The van der Waals surface area contributed by atoms with Crippen molar-refractivity contribution in [1.29, 1.82) is 0 Å². The number of nitrogens with zero attached hydrogens (tertiary/aromatic N) is 1. The minimum absolute atomic E-state index is 0.0772. The van der Waals surface area contributed by atoms with Crippen molar-refractivity contribution >= 4 is 11.7 Å². The zero-order valence-corrected chi connectivity index (χ0v) is 13.3. The lowest BCUT2D eigenvalue weighted by atomic mass is 9.99. The fraction of sp³-hybridized carbons (Fsp3) is 0.562. The van der Waals surface area contributed by atoms with Crippen molar-refractivity contribution in [3.05, 3.63) is 18.2 Å². The molecular formula is C16H24N2O4. The number of nitrogens with one attached hydrogen (secondary N) is 1. The summed E-state index contributed by atoms with van der Waals surface area (Å²) in [5.41, 5.74) is 0.949. The molecule has 1 fully saturated rings. The Morgan fingerprint density at radius 3 is 2.82 bits per heavy atom. The van der Waals surface area contributed by atoms with Crippen LogP contribution in [0, 0.1) is 5.92 Å². The predicted octanol–water partition coefficient (Wildman–Crippen LogP) is 1.59. The molecule has 2 N–H and O–H groups in total. The van der Waals surface area contributed by atoms with Crippen LogP contribution in [0.5, 0.6) is 11.5 Å². The normalized spacial score (nSPS) is 19.0. The van der Waals surface area contributed by atoms with Crippen molar-refractivity contribution in [3.8, 4) is 11.5 Å². The third-order valence-electron chi connectivity index (χ3n) is 4.11. The Bertz CT molecular complexity index is 521. The van der Waals surface area contributed by atoms with E-state index in [4.69, 9.17) is 9.47 Å². The van der Waals surface area contributed by atoms with Gasteiger partial charge in [0.1, 0.15) is 17.5 Å². The lowest BCUT2D eigenvalue weighted by Gasteiger charge is -2.24. The fourth-order valence-corrected chi connectivity index (χ4v) is 3.00. The van der Waals surface area contributed by atoms with Crippen molar-refractivity contribution in [2.45, 2.75) is 19.4 Å². The van der Waals surface area contributed by atoms with Gasteiger partial charge in [0.15, 0.2) is 0 Å². The number of hydrogen-bond donors (Lipinski definition) is 2. The van der Waals surface area contributed by atoms with Gasteiger partial charge in [-0.2, -0.15) is 0 Å². The largest absolute Gasteiger partial charge is 0.497 e. The number of ether oxygens (including phenoxy) is 2. The molecule has 22 heavy (non-hydrogen) atoms. The van der Waals surface area contributed by atoms with Crippen LogP contribution in [0.1, 0.15) is 13.3 Å². The van der Waals surface area contributed by atoms with Gasteiger partial charge in [0.2, 0.25) is 0 Å². The van der Waals surface area contributed by atoms with Crippen molar-refractivity contribution in [2.24, 2.45) is 5.92 Å². The number of methoxy groups -OCH3 is 2. The summed E-state index contributed by atoms with van der Waals surface area (Å²) >= 11 is 0. The second-order valence-corrected chi connectivity index (χ2v) is 5.41. The van der Waals surface area contributed by atoms with E-state index in [1.807, 2.05) is 25.1 Å². The Kier molecular flexibility index (Phi) is 5.49. The van der Waals surface area contributed by atoms with Gasteiger partial charge in [-0.25, -0.2) is 0 Å².